The number of benzene rings is 2. The Kier molecular flexibility index (Phi) is 7.62. The predicted molar refractivity (Wildman–Crippen MR) is 146 cm³/mol. The lowest BCUT2D eigenvalue weighted by Gasteiger charge is -2.23. The molecule has 2 aliphatic heterocycles. The van der Waals surface area contributed by atoms with Gasteiger partial charge in [-0.3, -0.25) is 13.8 Å². The molecule has 8 nitrogen and oxygen atoms in total. The number of rotatable bonds is 7. The number of amides is 1. The van der Waals surface area contributed by atoms with Crippen molar-refractivity contribution in [3.8, 4) is 0 Å². The molecule has 2 aromatic carbocycles. The van der Waals surface area contributed by atoms with Gasteiger partial charge in [-0.05, 0) is 77.6 Å². The van der Waals surface area contributed by atoms with Crippen LogP contribution in [0.4, 0.5) is 5.69 Å². The highest BCUT2D eigenvalue weighted by Gasteiger charge is 2.31. The van der Waals surface area contributed by atoms with E-state index in [1.807, 2.05) is 6.07 Å². The molecule has 2 heterocycles. The van der Waals surface area contributed by atoms with Crippen LogP contribution in [-0.4, -0.2) is 29.8 Å². The molecule has 0 fully saturated rings. The van der Waals surface area contributed by atoms with E-state index in [2.05, 4.69) is 53.3 Å². The molecule has 178 valence electrons. The van der Waals surface area contributed by atoms with Crippen molar-refractivity contribution >= 4 is 72.3 Å². The number of halogens is 2. The van der Waals surface area contributed by atoms with Crippen LogP contribution in [0.2, 0.25) is 0 Å². The summed E-state index contributed by atoms with van der Waals surface area (Å²) in [5.41, 5.74) is 1.43. The Balaban J connectivity index is 1.57. The molecule has 0 aromatic heterocycles. The molecule has 4 N–H and O–H groups in total. The number of hydrogen-bond acceptors (Lipinski definition) is 7. The fourth-order valence-electron chi connectivity index (χ4n) is 3.40. The van der Waals surface area contributed by atoms with Gasteiger partial charge in [-0.25, -0.2) is 8.42 Å². The number of anilines is 1. The van der Waals surface area contributed by atoms with Crippen molar-refractivity contribution in [3.05, 3.63) is 96.8 Å². The average Bonchev–Trinajstić information content (AvgIpc) is 3.27. The fourth-order valence-corrected chi connectivity index (χ4v) is 6.29. The average molecular weight is 675 g/mol. The molecule has 0 saturated carbocycles. The van der Waals surface area contributed by atoms with Crippen molar-refractivity contribution in [2.24, 2.45) is 0 Å². The Bertz CT molecular complexity index is 1330. The summed E-state index contributed by atoms with van der Waals surface area (Å²) in [6, 6.07) is 11.4. The van der Waals surface area contributed by atoms with E-state index >= 15 is 0 Å². The van der Waals surface area contributed by atoms with Crippen molar-refractivity contribution in [1.29, 1.82) is 0 Å². The maximum atomic E-state index is 13.2. The SMILES string of the molecule is C[C@@H](NC(=O)c1ccc(I)cc1NS(=O)(=O)C1=CC=CN2SNC=C12)[C@@H](O)c1cccc(Br)c1. The van der Waals surface area contributed by atoms with E-state index in [9.17, 15) is 18.3 Å². The van der Waals surface area contributed by atoms with Gasteiger partial charge in [0.05, 0.1) is 41.2 Å². The second-order valence-corrected chi connectivity index (χ2v) is 12.1. The molecule has 2 atom stereocenters. The van der Waals surface area contributed by atoms with Gasteiger partial charge in [0.1, 0.15) is 4.91 Å². The van der Waals surface area contributed by atoms with Gasteiger partial charge in [0, 0.05) is 20.4 Å². The van der Waals surface area contributed by atoms with Gasteiger partial charge in [-0.2, -0.15) is 0 Å². The molecule has 34 heavy (non-hydrogen) atoms. The summed E-state index contributed by atoms with van der Waals surface area (Å²) in [4.78, 5) is 13.2. The molecule has 0 radical (unpaired) electrons. The van der Waals surface area contributed by atoms with Crippen molar-refractivity contribution < 1.29 is 18.3 Å². The third-order valence-electron chi connectivity index (χ3n) is 5.09. The van der Waals surface area contributed by atoms with Crippen LogP contribution in [0.5, 0.6) is 0 Å². The third-order valence-corrected chi connectivity index (χ3v) is 8.40. The van der Waals surface area contributed by atoms with Crippen LogP contribution < -0.4 is 14.8 Å². The zero-order chi connectivity index (χ0) is 24.5. The fraction of sp³-hybridized carbons (Fsp3) is 0.136. The Hall–Kier alpha value is -2.00. The maximum Gasteiger partial charge on any atom is 0.264 e. The highest BCUT2D eigenvalue weighted by Crippen LogP contribution is 2.34. The second-order valence-electron chi connectivity index (χ2n) is 7.49. The van der Waals surface area contributed by atoms with Gasteiger partial charge in [0.15, 0.2) is 0 Å². The quantitative estimate of drug-likeness (QED) is 0.255. The molecule has 0 aliphatic carbocycles. The number of aliphatic hydroxyl groups is 1. The summed E-state index contributed by atoms with van der Waals surface area (Å²) < 4.78 is 35.2. The highest BCUT2D eigenvalue weighted by atomic mass is 127. The van der Waals surface area contributed by atoms with Gasteiger partial charge >= 0.3 is 0 Å². The molecular weight excluding hydrogens is 655 g/mol. The number of carbonyl (C=O) groups is 1. The normalized spacial score (nSPS) is 16.6. The maximum absolute atomic E-state index is 13.2. The molecule has 12 heteroatoms. The minimum atomic E-state index is -4.00. The number of nitrogens with zero attached hydrogens (tertiary/aromatic N) is 1. The number of allylic oxidation sites excluding steroid dienone is 2. The molecular formula is C22H20BrIN4O4S2. The number of fused-ring (bicyclic) bond motifs is 1. The van der Waals surface area contributed by atoms with Gasteiger partial charge < -0.3 is 15.1 Å². The number of nitrogens with one attached hydrogen (secondary N) is 3. The predicted octanol–water partition coefficient (Wildman–Crippen LogP) is 4.37. The first-order chi connectivity index (χ1) is 16.2. The molecule has 1 amide bonds. The minimum Gasteiger partial charge on any atom is -0.386 e. The summed E-state index contributed by atoms with van der Waals surface area (Å²) in [6.45, 7) is 1.69. The van der Waals surface area contributed by atoms with Gasteiger partial charge in [0.2, 0.25) is 0 Å². The first kappa shape index (κ1) is 25.1. The number of hydrogen-bond donors (Lipinski definition) is 4. The molecule has 2 aromatic rings. The Labute approximate surface area is 224 Å². The molecule has 4 rings (SSSR count). The second kappa shape index (κ2) is 10.3. The van der Waals surface area contributed by atoms with Gasteiger partial charge in [-0.1, -0.05) is 28.1 Å². The minimum absolute atomic E-state index is 0.0798. The van der Waals surface area contributed by atoms with E-state index in [-0.39, 0.29) is 16.2 Å². The molecule has 0 bridgehead atoms. The summed E-state index contributed by atoms with van der Waals surface area (Å²) >= 11 is 6.68. The zero-order valence-corrected chi connectivity index (χ0v) is 23.1. The van der Waals surface area contributed by atoms with E-state index < -0.39 is 28.1 Å². The van der Waals surface area contributed by atoms with Crippen molar-refractivity contribution in [1.82, 2.24) is 14.3 Å². The first-order valence-electron chi connectivity index (χ1n) is 10.0. The summed E-state index contributed by atoms with van der Waals surface area (Å²) in [7, 11) is -4.00. The molecule has 2 aliphatic rings. The lowest BCUT2D eigenvalue weighted by atomic mass is 10.0. The van der Waals surface area contributed by atoms with Gasteiger partial charge in [-0.15, -0.1) is 0 Å². The van der Waals surface area contributed by atoms with Crippen LogP contribution in [0.3, 0.4) is 0 Å². The standard InChI is InChI=1S/C22H20BrIN4O4S2/c1-13(21(29)14-4-2-5-15(23)10-14)26-22(30)17-8-7-16(24)11-18(17)27-34(31,32)20-6-3-9-28-19(20)12-25-33-28/h2-13,21,25,27,29H,1H3,(H,26,30)/t13-,21-/m1/s1. The topological polar surface area (TPSA) is 111 Å². The lowest BCUT2D eigenvalue weighted by Crippen LogP contribution is -2.37. The van der Waals surface area contributed by atoms with Crippen LogP contribution in [-0.2, 0) is 10.0 Å². The van der Waals surface area contributed by atoms with Crippen LogP contribution >= 0.6 is 50.7 Å². The Morgan fingerprint density at radius 1 is 1.26 bits per heavy atom. The number of carbonyl (C=O) groups excluding carboxylic acids is 1. The Morgan fingerprint density at radius 3 is 2.82 bits per heavy atom. The number of sulfonamides is 1. The van der Waals surface area contributed by atoms with Gasteiger partial charge in [0.25, 0.3) is 15.9 Å². The molecule has 0 saturated heterocycles. The number of aliphatic hydroxyl groups excluding tert-OH is 1. The van der Waals surface area contributed by atoms with E-state index in [1.54, 1.807) is 66.1 Å². The Morgan fingerprint density at radius 2 is 2.06 bits per heavy atom. The van der Waals surface area contributed by atoms with E-state index in [0.717, 1.165) is 8.04 Å². The zero-order valence-electron chi connectivity index (χ0n) is 17.7. The van der Waals surface area contributed by atoms with Crippen LogP contribution in [0.25, 0.3) is 0 Å². The van der Waals surface area contributed by atoms with E-state index in [0.29, 0.717) is 11.3 Å². The van der Waals surface area contributed by atoms with Crippen molar-refractivity contribution in [2.45, 2.75) is 19.1 Å². The summed E-state index contributed by atoms with van der Waals surface area (Å²) in [5, 5.41) is 13.5. The summed E-state index contributed by atoms with van der Waals surface area (Å²) in [5.74, 6) is -0.507. The van der Waals surface area contributed by atoms with E-state index in [1.165, 1.54) is 18.2 Å². The monoisotopic (exact) mass is 674 g/mol. The van der Waals surface area contributed by atoms with Crippen LogP contribution in [0.15, 0.2) is 82.1 Å². The molecule has 0 spiro atoms. The largest absolute Gasteiger partial charge is 0.386 e. The summed E-state index contributed by atoms with van der Waals surface area (Å²) in [6.07, 6.45) is 5.54. The first-order valence-corrected chi connectivity index (χ1v) is 14.2. The van der Waals surface area contributed by atoms with Crippen LogP contribution in [0.1, 0.15) is 28.9 Å². The molecule has 0 unspecified atom stereocenters. The van der Waals surface area contributed by atoms with Crippen molar-refractivity contribution in [3.63, 3.8) is 0 Å². The lowest BCUT2D eigenvalue weighted by molar-refractivity contribution is 0.0853. The third kappa shape index (κ3) is 5.46. The van der Waals surface area contributed by atoms with Crippen molar-refractivity contribution in [2.75, 3.05) is 4.72 Å². The van der Waals surface area contributed by atoms with E-state index in [4.69, 9.17) is 0 Å². The van der Waals surface area contributed by atoms with Crippen LogP contribution in [0, 0.1) is 3.57 Å². The highest BCUT2D eigenvalue weighted by molar-refractivity contribution is 14.1. The smallest absolute Gasteiger partial charge is 0.264 e.